The van der Waals surface area contributed by atoms with E-state index < -0.39 is 17.4 Å². The summed E-state index contributed by atoms with van der Waals surface area (Å²) in [6.45, 7) is 12.1. The highest BCUT2D eigenvalue weighted by Gasteiger charge is 2.35. The van der Waals surface area contributed by atoms with Gasteiger partial charge in [0.1, 0.15) is 6.04 Å². The molecule has 1 amide bonds. The van der Waals surface area contributed by atoms with E-state index >= 15 is 0 Å². The molecule has 1 N–H and O–H groups in total. The Balaban J connectivity index is 2.33. The predicted molar refractivity (Wildman–Crippen MR) is 107 cm³/mol. The van der Waals surface area contributed by atoms with Gasteiger partial charge in [-0.2, -0.15) is 5.10 Å². The molecule has 1 unspecified atom stereocenters. The van der Waals surface area contributed by atoms with E-state index in [9.17, 15) is 9.59 Å². The maximum atomic E-state index is 13.0. The molecule has 146 valence electrons. The van der Waals surface area contributed by atoms with Crippen molar-refractivity contribution in [2.45, 2.75) is 53.1 Å². The Morgan fingerprint density at radius 3 is 2.67 bits per heavy atom. The van der Waals surface area contributed by atoms with Crippen molar-refractivity contribution in [1.82, 2.24) is 15.1 Å². The number of aryl methyl sites for hydroxylation is 1. The molecule has 0 aliphatic heterocycles. The molecule has 0 spiro atoms. The Hall–Kier alpha value is -2.63. The van der Waals surface area contributed by atoms with Crippen LogP contribution in [0.5, 0.6) is 0 Å². The average Bonchev–Trinajstić information content (AvgIpc) is 2.98. The van der Waals surface area contributed by atoms with Crippen molar-refractivity contribution < 1.29 is 14.3 Å². The minimum atomic E-state index is -0.755. The fourth-order valence-corrected chi connectivity index (χ4v) is 2.91. The fourth-order valence-electron chi connectivity index (χ4n) is 2.91. The molecule has 1 heterocycles. The summed E-state index contributed by atoms with van der Waals surface area (Å²) in [6, 6.07) is 6.86. The Morgan fingerprint density at radius 2 is 2.04 bits per heavy atom. The first-order chi connectivity index (χ1) is 12.8. The van der Waals surface area contributed by atoms with Gasteiger partial charge in [-0.15, -0.1) is 6.58 Å². The number of aromatic nitrogens is 2. The van der Waals surface area contributed by atoms with Gasteiger partial charge < -0.3 is 10.1 Å². The first-order valence-electron chi connectivity index (χ1n) is 9.33. The molecule has 2 rings (SSSR count). The number of rotatable bonds is 8. The summed E-state index contributed by atoms with van der Waals surface area (Å²) in [6.07, 6.45) is 3.64. The minimum Gasteiger partial charge on any atom is -0.464 e. The number of ether oxygens (including phenoxy) is 1. The number of nitrogens with zero attached hydrogens (tertiary/aromatic N) is 2. The molecule has 0 fully saturated rings. The molecule has 2 aromatic rings. The number of hydrogen-bond acceptors (Lipinski definition) is 4. The molecule has 0 bridgehead atoms. The third kappa shape index (κ3) is 4.96. The van der Waals surface area contributed by atoms with Crippen LogP contribution in [0.15, 0.2) is 36.9 Å². The lowest BCUT2D eigenvalue weighted by atomic mass is 9.86. The van der Waals surface area contributed by atoms with E-state index in [-0.39, 0.29) is 12.5 Å². The van der Waals surface area contributed by atoms with Crippen LogP contribution in [-0.4, -0.2) is 34.3 Å². The second kappa shape index (κ2) is 8.84. The minimum absolute atomic E-state index is 0.266. The summed E-state index contributed by atoms with van der Waals surface area (Å²) in [5.74, 6) is -0.810. The normalized spacial score (nSPS) is 12.6. The number of hydrogen-bond donors (Lipinski definition) is 1. The van der Waals surface area contributed by atoms with Crippen LogP contribution in [0.2, 0.25) is 0 Å². The van der Waals surface area contributed by atoms with E-state index in [1.807, 2.05) is 55.8 Å². The second-order valence-electron chi connectivity index (χ2n) is 7.54. The zero-order valence-corrected chi connectivity index (χ0v) is 16.6. The summed E-state index contributed by atoms with van der Waals surface area (Å²) in [7, 11) is 0. The number of allylic oxidation sites excluding steroid dienone is 1. The van der Waals surface area contributed by atoms with E-state index in [0.29, 0.717) is 12.2 Å². The first-order valence-corrected chi connectivity index (χ1v) is 9.33. The number of esters is 1. The van der Waals surface area contributed by atoms with E-state index in [0.717, 1.165) is 23.7 Å². The molecular weight excluding hydrogens is 342 g/mol. The van der Waals surface area contributed by atoms with E-state index in [2.05, 4.69) is 17.0 Å². The van der Waals surface area contributed by atoms with Crippen molar-refractivity contribution in [3.8, 4) is 0 Å². The van der Waals surface area contributed by atoms with Gasteiger partial charge in [-0.3, -0.25) is 9.48 Å². The highest BCUT2D eigenvalue weighted by atomic mass is 16.5. The third-order valence-corrected chi connectivity index (χ3v) is 4.31. The van der Waals surface area contributed by atoms with Gasteiger partial charge in [0.2, 0.25) is 0 Å². The quantitative estimate of drug-likeness (QED) is 0.436. The maximum Gasteiger partial charge on any atom is 0.329 e. The number of fused-ring (bicyclic) bond motifs is 1. The molecule has 6 nitrogen and oxygen atoms in total. The number of nitrogens with one attached hydrogen (secondary N) is 1. The van der Waals surface area contributed by atoms with Crippen molar-refractivity contribution in [1.29, 1.82) is 0 Å². The van der Waals surface area contributed by atoms with E-state index in [1.54, 1.807) is 6.92 Å². The second-order valence-corrected chi connectivity index (χ2v) is 7.54. The van der Waals surface area contributed by atoms with Gasteiger partial charge >= 0.3 is 5.97 Å². The standard InChI is InChI=1S/C21H29N3O3/c1-6-8-11-14-24-16-13-10-9-12-15(16)17(23-24)19(25)22-18(21(3,4)5)20(26)27-7-2/h6,9-10,12-13,18H,1,7-8,11,14H2,2-5H3,(H,22,25). The first kappa shape index (κ1) is 20.7. The molecule has 1 aromatic heterocycles. The molecule has 27 heavy (non-hydrogen) atoms. The van der Waals surface area contributed by atoms with Crippen LogP contribution in [0.1, 0.15) is 51.0 Å². The smallest absolute Gasteiger partial charge is 0.329 e. The molecule has 0 saturated carbocycles. The Labute approximate surface area is 160 Å². The Bertz CT molecular complexity index is 818. The SMILES string of the molecule is C=CCCCn1nc(C(=O)NC(C(=O)OCC)C(C)(C)C)c2ccccc21. The van der Waals surface area contributed by atoms with Crippen molar-refractivity contribution >= 4 is 22.8 Å². The van der Waals surface area contributed by atoms with Gasteiger partial charge in [0, 0.05) is 11.9 Å². The number of benzene rings is 1. The summed E-state index contributed by atoms with van der Waals surface area (Å²) >= 11 is 0. The van der Waals surface area contributed by atoms with Gasteiger partial charge in [0.15, 0.2) is 5.69 Å². The molecule has 6 heteroatoms. The summed E-state index contributed by atoms with van der Waals surface area (Å²) < 4.78 is 6.97. The Kier molecular flexibility index (Phi) is 6.77. The lowest BCUT2D eigenvalue weighted by Crippen LogP contribution is -2.50. The lowest BCUT2D eigenvalue weighted by molar-refractivity contribution is -0.148. The lowest BCUT2D eigenvalue weighted by Gasteiger charge is -2.29. The highest BCUT2D eigenvalue weighted by Crippen LogP contribution is 2.23. The van der Waals surface area contributed by atoms with Crippen LogP contribution in [-0.2, 0) is 16.1 Å². The number of carbonyl (C=O) groups excluding carboxylic acids is 2. The molecule has 1 aromatic carbocycles. The molecule has 1 atom stereocenters. The predicted octanol–water partition coefficient (Wildman–Crippen LogP) is 3.71. The van der Waals surface area contributed by atoms with Crippen LogP contribution in [0, 0.1) is 5.41 Å². The summed E-state index contributed by atoms with van der Waals surface area (Å²) in [5.41, 5.74) is 0.738. The van der Waals surface area contributed by atoms with Gasteiger partial charge in [-0.05, 0) is 31.2 Å². The summed E-state index contributed by atoms with van der Waals surface area (Å²) in [4.78, 5) is 25.3. The largest absolute Gasteiger partial charge is 0.464 e. The molecular formula is C21H29N3O3. The van der Waals surface area contributed by atoms with Crippen molar-refractivity contribution in [2.24, 2.45) is 5.41 Å². The van der Waals surface area contributed by atoms with Crippen molar-refractivity contribution in [2.75, 3.05) is 6.61 Å². The molecule has 0 radical (unpaired) electrons. The monoisotopic (exact) mass is 371 g/mol. The van der Waals surface area contributed by atoms with E-state index in [1.165, 1.54) is 0 Å². The van der Waals surface area contributed by atoms with E-state index in [4.69, 9.17) is 4.74 Å². The average molecular weight is 371 g/mol. The number of amides is 1. The zero-order valence-electron chi connectivity index (χ0n) is 16.6. The van der Waals surface area contributed by atoms with Crippen molar-refractivity contribution in [3.63, 3.8) is 0 Å². The topological polar surface area (TPSA) is 73.2 Å². The third-order valence-electron chi connectivity index (χ3n) is 4.31. The number of carbonyl (C=O) groups is 2. The van der Waals surface area contributed by atoms with Crippen LogP contribution < -0.4 is 5.32 Å². The van der Waals surface area contributed by atoms with Gasteiger partial charge in [0.25, 0.3) is 5.91 Å². The highest BCUT2D eigenvalue weighted by molar-refractivity contribution is 6.06. The number of unbranched alkanes of at least 4 members (excludes halogenated alkanes) is 1. The number of para-hydroxylation sites is 1. The van der Waals surface area contributed by atoms with Gasteiger partial charge in [0.05, 0.1) is 12.1 Å². The molecule has 0 aliphatic carbocycles. The molecule has 0 saturated heterocycles. The Morgan fingerprint density at radius 1 is 1.33 bits per heavy atom. The maximum absolute atomic E-state index is 13.0. The van der Waals surface area contributed by atoms with Gasteiger partial charge in [-0.25, -0.2) is 4.79 Å². The van der Waals surface area contributed by atoms with Crippen molar-refractivity contribution in [3.05, 3.63) is 42.6 Å². The van der Waals surface area contributed by atoms with Crippen LogP contribution in [0.25, 0.3) is 10.9 Å². The van der Waals surface area contributed by atoms with Crippen LogP contribution >= 0.6 is 0 Å². The van der Waals surface area contributed by atoms with Gasteiger partial charge in [-0.1, -0.05) is 45.0 Å². The van der Waals surface area contributed by atoms with Crippen LogP contribution in [0.4, 0.5) is 0 Å². The van der Waals surface area contributed by atoms with Crippen LogP contribution in [0.3, 0.4) is 0 Å². The fraction of sp³-hybridized carbons (Fsp3) is 0.476. The summed E-state index contributed by atoms with van der Waals surface area (Å²) in [5, 5.41) is 8.11. The zero-order chi connectivity index (χ0) is 20.0. The molecule has 0 aliphatic rings.